The lowest BCUT2D eigenvalue weighted by Gasteiger charge is -2.35. The van der Waals surface area contributed by atoms with E-state index in [0.29, 0.717) is 5.69 Å². The number of likely N-dealkylation sites (tertiary alicyclic amines) is 1. The minimum Gasteiger partial charge on any atom is -0.397 e. The molecule has 0 unspecified atom stereocenters. The lowest BCUT2D eigenvalue weighted by Crippen LogP contribution is -2.38. The van der Waals surface area contributed by atoms with Crippen molar-refractivity contribution in [3.05, 3.63) is 16.7 Å². The summed E-state index contributed by atoms with van der Waals surface area (Å²) >= 11 is 3.58. The summed E-state index contributed by atoms with van der Waals surface area (Å²) < 4.78 is 1.01. The lowest BCUT2D eigenvalue weighted by atomic mass is 9.96. The van der Waals surface area contributed by atoms with Crippen molar-refractivity contribution in [2.75, 3.05) is 43.4 Å². The monoisotopic (exact) mass is 338 g/mol. The fraction of sp³-hybridized carbons (Fsp3) is 0.667. The Kier molecular flexibility index (Phi) is 4.46. The van der Waals surface area contributed by atoms with E-state index in [1.165, 1.54) is 45.3 Å². The van der Waals surface area contributed by atoms with Crippen molar-refractivity contribution in [1.29, 1.82) is 0 Å². The molecule has 1 aromatic rings. The molecule has 2 N–H and O–H groups in total. The molecule has 0 aliphatic carbocycles. The number of nitrogens with two attached hydrogens (primary N) is 1. The van der Waals surface area contributed by atoms with E-state index in [2.05, 4.69) is 30.7 Å². The highest BCUT2D eigenvalue weighted by Crippen LogP contribution is 2.29. The number of halogens is 1. The third-order valence-corrected chi connectivity index (χ3v) is 5.06. The number of aromatic nitrogens is 1. The van der Waals surface area contributed by atoms with Gasteiger partial charge in [0.1, 0.15) is 5.82 Å². The van der Waals surface area contributed by atoms with Crippen molar-refractivity contribution < 1.29 is 0 Å². The second kappa shape index (κ2) is 6.31. The number of nitrogens with zero attached hydrogens (tertiary/aromatic N) is 3. The zero-order valence-corrected chi connectivity index (χ0v) is 13.5. The molecule has 0 bridgehead atoms. The van der Waals surface area contributed by atoms with Crippen LogP contribution in [-0.4, -0.2) is 42.6 Å². The van der Waals surface area contributed by atoms with E-state index in [9.17, 15) is 0 Å². The van der Waals surface area contributed by atoms with Crippen LogP contribution in [0.1, 0.15) is 25.7 Å². The number of piperidine rings is 1. The van der Waals surface area contributed by atoms with E-state index in [1.807, 2.05) is 6.07 Å². The zero-order chi connectivity index (χ0) is 13.9. The molecule has 4 nitrogen and oxygen atoms in total. The molecule has 0 saturated carbocycles. The van der Waals surface area contributed by atoms with Gasteiger partial charge in [0.2, 0.25) is 0 Å². The van der Waals surface area contributed by atoms with Crippen molar-refractivity contribution in [1.82, 2.24) is 9.88 Å². The number of pyridine rings is 1. The predicted octanol–water partition coefficient (Wildman–Crippen LogP) is 2.74. The highest BCUT2D eigenvalue weighted by molar-refractivity contribution is 9.10. The number of anilines is 2. The quantitative estimate of drug-likeness (QED) is 0.920. The second-order valence-corrected chi connectivity index (χ2v) is 6.87. The number of hydrogen-bond acceptors (Lipinski definition) is 4. The van der Waals surface area contributed by atoms with Crippen molar-refractivity contribution in [3.8, 4) is 0 Å². The molecule has 0 aromatic carbocycles. The van der Waals surface area contributed by atoms with Crippen LogP contribution in [0, 0.1) is 5.92 Å². The maximum atomic E-state index is 5.75. The maximum Gasteiger partial charge on any atom is 0.143 e. The summed E-state index contributed by atoms with van der Waals surface area (Å²) in [6.07, 6.45) is 7.07. The predicted molar refractivity (Wildman–Crippen MR) is 87.0 cm³/mol. The molecular weight excluding hydrogens is 316 g/mol. The van der Waals surface area contributed by atoms with Crippen LogP contribution in [0.15, 0.2) is 16.7 Å². The topological polar surface area (TPSA) is 45.4 Å². The number of hydrogen-bond donors (Lipinski definition) is 1. The summed E-state index contributed by atoms with van der Waals surface area (Å²) in [5, 5.41) is 0. The molecule has 3 rings (SSSR count). The zero-order valence-electron chi connectivity index (χ0n) is 11.9. The Bertz CT molecular complexity index is 451. The van der Waals surface area contributed by atoms with Gasteiger partial charge in [-0.1, -0.05) is 0 Å². The molecule has 2 saturated heterocycles. The van der Waals surface area contributed by atoms with Gasteiger partial charge in [-0.25, -0.2) is 4.98 Å². The average molecular weight is 339 g/mol. The van der Waals surface area contributed by atoms with Gasteiger partial charge >= 0.3 is 0 Å². The molecule has 0 radical (unpaired) electrons. The number of nitrogen functional groups attached to an aromatic ring is 1. The van der Waals surface area contributed by atoms with Gasteiger partial charge in [0.15, 0.2) is 0 Å². The van der Waals surface area contributed by atoms with Crippen LogP contribution in [0.3, 0.4) is 0 Å². The van der Waals surface area contributed by atoms with Gasteiger partial charge in [-0.05, 0) is 66.7 Å². The summed E-state index contributed by atoms with van der Waals surface area (Å²) in [5.41, 5.74) is 6.47. The van der Waals surface area contributed by atoms with Crippen LogP contribution in [-0.2, 0) is 0 Å². The standard InChI is InChI=1S/C15H23BrN4/c16-14-9-13(17)10-18-15(14)20-7-3-12(4-8-20)11-19-5-1-2-6-19/h9-10,12H,1-8,11,17H2. The average Bonchev–Trinajstić information content (AvgIpc) is 2.93. The maximum absolute atomic E-state index is 5.75. The smallest absolute Gasteiger partial charge is 0.143 e. The van der Waals surface area contributed by atoms with Gasteiger partial charge in [-0.3, -0.25) is 0 Å². The molecular formula is C15H23BrN4. The molecule has 110 valence electrons. The molecule has 3 heterocycles. The summed E-state index contributed by atoms with van der Waals surface area (Å²) in [7, 11) is 0. The SMILES string of the molecule is Nc1cnc(N2CCC(CN3CCCC3)CC2)c(Br)c1. The third kappa shape index (κ3) is 3.26. The first-order valence-electron chi connectivity index (χ1n) is 7.60. The van der Waals surface area contributed by atoms with E-state index in [4.69, 9.17) is 5.73 Å². The third-order valence-electron chi connectivity index (χ3n) is 4.47. The highest BCUT2D eigenvalue weighted by Gasteiger charge is 2.24. The summed E-state index contributed by atoms with van der Waals surface area (Å²) in [4.78, 5) is 9.49. The van der Waals surface area contributed by atoms with Gasteiger partial charge in [-0.15, -0.1) is 0 Å². The largest absolute Gasteiger partial charge is 0.397 e. The Balaban J connectivity index is 1.55. The van der Waals surface area contributed by atoms with Crippen molar-refractivity contribution in [3.63, 3.8) is 0 Å². The Morgan fingerprint density at radius 1 is 1.20 bits per heavy atom. The van der Waals surface area contributed by atoms with E-state index in [-0.39, 0.29) is 0 Å². The van der Waals surface area contributed by atoms with Gasteiger partial charge in [-0.2, -0.15) is 0 Å². The molecule has 5 heteroatoms. The fourth-order valence-electron chi connectivity index (χ4n) is 3.34. The fourth-order valence-corrected chi connectivity index (χ4v) is 3.95. The molecule has 1 aromatic heterocycles. The van der Waals surface area contributed by atoms with Crippen LogP contribution >= 0.6 is 15.9 Å². The molecule has 0 amide bonds. The van der Waals surface area contributed by atoms with E-state index in [0.717, 1.165) is 29.3 Å². The lowest BCUT2D eigenvalue weighted by molar-refractivity contribution is 0.249. The highest BCUT2D eigenvalue weighted by atomic mass is 79.9. The van der Waals surface area contributed by atoms with Crippen molar-refractivity contribution >= 4 is 27.4 Å². The molecule has 2 aliphatic heterocycles. The first kappa shape index (κ1) is 14.1. The Hall–Kier alpha value is -0.810. The molecule has 20 heavy (non-hydrogen) atoms. The van der Waals surface area contributed by atoms with Crippen molar-refractivity contribution in [2.24, 2.45) is 5.92 Å². The normalized spacial score (nSPS) is 21.6. The number of rotatable bonds is 3. The summed E-state index contributed by atoms with van der Waals surface area (Å²) in [6.45, 7) is 6.13. The Morgan fingerprint density at radius 3 is 2.55 bits per heavy atom. The Morgan fingerprint density at radius 2 is 1.90 bits per heavy atom. The van der Waals surface area contributed by atoms with Crippen LogP contribution in [0.4, 0.5) is 11.5 Å². The van der Waals surface area contributed by atoms with Crippen LogP contribution in [0.25, 0.3) is 0 Å². The minimum absolute atomic E-state index is 0.713. The molecule has 2 fully saturated rings. The van der Waals surface area contributed by atoms with Gasteiger partial charge in [0.05, 0.1) is 16.4 Å². The van der Waals surface area contributed by atoms with E-state index in [1.54, 1.807) is 6.20 Å². The van der Waals surface area contributed by atoms with Gasteiger partial charge in [0, 0.05) is 19.6 Å². The second-order valence-electron chi connectivity index (χ2n) is 6.01. The molecule has 0 atom stereocenters. The summed E-state index contributed by atoms with van der Waals surface area (Å²) in [6, 6.07) is 1.94. The minimum atomic E-state index is 0.713. The Labute approximate surface area is 129 Å². The van der Waals surface area contributed by atoms with E-state index < -0.39 is 0 Å². The first-order chi connectivity index (χ1) is 9.72. The van der Waals surface area contributed by atoms with Gasteiger partial charge in [0.25, 0.3) is 0 Å². The summed E-state index contributed by atoms with van der Waals surface area (Å²) in [5.74, 6) is 1.90. The van der Waals surface area contributed by atoms with Crippen molar-refractivity contribution in [2.45, 2.75) is 25.7 Å². The molecule has 0 spiro atoms. The van der Waals surface area contributed by atoms with Crippen LogP contribution in [0.2, 0.25) is 0 Å². The first-order valence-corrected chi connectivity index (χ1v) is 8.40. The van der Waals surface area contributed by atoms with Gasteiger partial charge < -0.3 is 15.5 Å². The van der Waals surface area contributed by atoms with E-state index >= 15 is 0 Å². The molecule has 2 aliphatic rings. The van der Waals surface area contributed by atoms with Crippen LogP contribution < -0.4 is 10.6 Å². The van der Waals surface area contributed by atoms with Crippen LogP contribution in [0.5, 0.6) is 0 Å².